The fourth-order valence-corrected chi connectivity index (χ4v) is 3.32. The van der Waals surface area contributed by atoms with Crippen LogP contribution < -0.4 is 15.7 Å². The number of amides is 1. The maximum atomic E-state index is 12.8. The predicted molar refractivity (Wildman–Crippen MR) is 121 cm³/mol. The summed E-state index contributed by atoms with van der Waals surface area (Å²) in [6.07, 6.45) is 1.98. The van der Waals surface area contributed by atoms with Crippen LogP contribution in [0.25, 0.3) is 11.0 Å². The Morgan fingerprint density at radius 2 is 1.84 bits per heavy atom. The molecule has 1 amide bonds. The third-order valence-corrected chi connectivity index (χ3v) is 5.04. The van der Waals surface area contributed by atoms with Crippen LogP contribution in [0.2, 0.25) is 0 Å². The highest BCUT2D eigenvalue weighted by atomic mass is 16.6. The summed E-state index contributed by atoms with van der Waals surface area (Å²) in [6, 6.07) is 14.8. The largest absolute Gasteiger partial charge is 0.445 e. The lowest BCUT2D eigenvalue weighted by Gasteiger charge is -2.17. The standard InChI is InChI=1S/C25H27NO6/c1-3-5-11-21(26-25(29)30-16-17-9-7-6-8-10-17)24(28)31-19-12-13-20-18(4-2)14-23(27)32-22(20)15-19/h6-10,12-15,21H,3-5,11,16H2,1-2H3,(H,26,29)/t21-/m1/s1. The van der Waals surface area contributed by atoms with Crippen molar-refractivity contribution in [2.45, 2.75) is 52.2 Å². The van der Waals surface area contributed by atoms with Gasteiger partial charge in [-0.1, -0.05) is 57.0 Å². The number of hydrogen-bond acceptors (Lipinski definition) is 6. The van der Waals surface area contributed by atoms with Crippen LogP contribution in [0.15, 0.2) is 63.8 Å². The summed E-state index contributed by atoms with van der Waals surface area (Å²) < 4.78 is 16.0. The topological polar surface area (TPSA) is 94.8 Å². The first-order valence-electron chi connectivity index (χ1n) is 10.8. The van der Waals surface area contributed by atoms with Gasteiger partial charge in [0.1, 0.15) is 24.0 Å². The molecule has 1 atom stereocenters. The zero-order valence-corrected chi connectivity index (χ0v) is 18.3. The first-order valence-corrected chi connectivity index (χ1v) is 10.8. The van der Waals surface area contributed by atoms with E-state index < -0.39 is 23.7 Å². The van der Waals surface area contributed by atoms with E-state index in [4.69, 9.17) is 13.9 Å². The summed E-state index contributed by atoms with van der Waals surface area (Å²) in [5.74, 6) is -0.372. The van der Waals surface area contributed by atoms with Gasteiger partial charge < -0.3 is 19.2 Å². The van der Waals surface area contributed by atoms with E-state index in [2.05, 4.69) is 5.32 Å². The first kappa shape index (κ1) is 23.1. The Morgan fingerprint density at radius 3 is 2.56 bits per heavy atom. The maximum Gasteiger partial charge on any atom is 0.408 e. The molecule has 0 aliphatic rings. The van der Waals surface area contributed by atoms with Gasteiger partial charge in [-0.2, -0.15) is 0 Å². The SMILES string of the molecule is CCCC[C@@H](NC(=O)OCc1ccccc1)C(=O)Oc1ccc2c(CC)cc(=O)oc2c1. The fourth-order valence-electron chi connectivity index (χ4n) is 3.32. The lowest BCUT2D eigenvalue weighted by atomic mass is 10.1. The monoisotopic (exact) mass is 437 g/mol. The van der Waals surface area contributed by atoms with Gasteiger partial charge in [-0.25, -0.2) is 14.4 Å². The minimum atomic E-state index is -0.858. The molecule has 32 heavy (non-hydrogen) atoms. The smallest absolute Gasteiger partial charge is 0.408 e. The Balaban J connectivity index is 1.68. The van der Waals surface area contributed by atoms with Crippen molar-refractivity contribution in [3.8, 4) is 5.75 Å². The molecule has 0 aliphatic heterocycles. The third kappa shape index (κ3) is 6.20. The van der Waals surface area contributed by atoms with Crippen molar-refractivity contribution in [3.63, 3.8) is 0 Å². The van der Waals surface area contributed by atoms with Gasteiger partial charge in [0.25, 0.3) is 0 Å². The number of esters is 1. The lowest BCUT2D eigenvalue weighted by Crippen LogP contribution is -2.43. The van der Waals surface area contributed by atoms with E-state index >= 15 is 0 Å². The number of carbonyl (C=O) groups excluding carboxylic acids is 2. The summed E-state index contributed by atoms with van der Waals surface area (Å²) >= 11 is 0. The number of unbranched alkanes of at least 4 members (excludes halogenated alkanes) is 1. The number of fused-ring (bicyclic) bond motifs is 1. The second-order valence-electron chi connectivity index (χ2n) is 7.42. The molecule has 3 rings (SSSR count). The van der Waals surface area contributed by atoms with Crippen molar-refractivity contribution in [1.29, 1.82) is 0 Å². The van der Waals surface area contributed by atoms with Crippen LogP contribution in [0, 0.1) is 0 Å². The molecule has 1 N–H and O–H groups in total. The quantitative estimate of drug-likeness (QED) is 0.295. The number of alkyl carbamates (subject to hydrolysis) is 1. The Labute approximate surface area is 186 Å². The van der Waals surface area contributed by atoms with Gasteiger partial charge in [-0.05, 0) is 36.1 Å². The molecule has 1 heterocycles. The molecule has 0 fully saturated rings. The van der Waals surface area contributed by atoms with E-state index in [1.807, 2.05) is 44.2 Å². The number of nitrogens with one attached hydrogen (secondary N) is 1. The molecule has 0 aliphatic carbocycles. The number of hydrogen-bond donors (Lipinski definition) is 1. The van der Waals surface area contributed by atoms with Crippen molar-refractivity contribution < 1.29 is 23.5 Å². The molecule has 7 heteroatoms. The normalized spacial score (nSPS) is 11.7. The molecule has 0 spiro atoms. The zero-order chi connectivity index (χ0) is 22.9. The first-order chi connectivity index (χ1) is 15.5. The number of carbonyl (C=O) groups is 2. The van der Waals surface area contributed by atoms with Gasteiger partial charge in [-0.3, -0.25) is 0 Å². The van der Waals surface area contributed by atoms with Crippen LogP contribution in [-0.2, 0) is 22.6 Å². The highest BCUT2D eigenvalue weighted by molar-refractivity contribution is 5.85. The van der Waals surface area contributed by atoms with E-state index in [-0.39, 0.29) is 12.4 Å². The van der Waals surface area contributed by atoms with E-state index in [1.54, 1.807) is 12.1 Å². The van der Waals surface area contributed by atoms with Gasteiger partial charge in [0.15, 0.2) is 0 Å². The summed E-state index contributed by atoms with van der Waals surface area (Å²) in [4.78, 5) is 36.8. The minimum absolute atomic E-state index is 0.103. The second-order valence-corrected chi connectivity index (χ2v) is 7.42. The van der Waals surface area contributed by atoms with Crippen LogP contribution in [0.5, 0.6) is 5.75 Å². The summed E-state index contributed by atoms with van der Waals surface area (Å²) in [5.41, 5.74) is 1.60. The molecule has 0 unspecified atom stereocenters. The van der Waals surface area contributed by atoms with Crippen LogP contribution in [0.1, 0.15) is 44.2 Å². The molecule has 7 nitrogen and oxygen atoms in total. The van der Waals surface area contributed by atoms with E-state index in [0.29, 0.717) is 18.4 Å². The number of aryl methyl sites for hydroxylation is 1. The van der Waals surface area contributed by atoms with Crippen LogP contribution >= 0.6 is 0 Å². The highest BCUT2D eigenvalue weighted by Crippen LogP contribution is 2.23. The van der Waals surface area contributed by atoms with Crippen LogP contribution in [0.3, 0.4) is 0 Å². The van der Waals surface area contributed by atoms with Gasteiger partial charge in [0.05, 0.1) is 0 Å². The molecule has 1 aromatic heterocycles. The minimum Gasteiger partial charge on any atom is -0.445 e. The van der Waals surface area contributed by atoms with E-state index in [9.17, 15) is 14.4 Å². The molecule has 168 valence electrons. The Kier molecular flexibility index (Phi) is 8.02. The lowest BCUT2D eigenvalue weighted by molar-refractivity contribution is -0.136. The van der Waals surface area contributed by atoms with Crippen molar-refractivity contribution in [1.82, 2.24) is 5.32 Å². The summed E-state index contributed by atoms with van der Waals surface area (Å²) in [6.45, 7) is 4.04. The Bertz CT molecular complexity index is 1120. The molecule has 0 bridgehead atoms. The number of ether oxygens (including phenoxy) is 2. The molecule has 0 saturated heterocycles. The Morgan fingerprint density at radius 1 is 1.06 bits per heavy atom. The van der Waals surface area contributed by atoms with E-state index in [1.165, 1.54) is 12.1 Å². The molecular formula is C25H27NO6. The molecule has 0 radical (unpaired) electrons. The number of rotatable bonds is 9. The fraction of sp³-hybridized carbons (Fsp3) is 0.320. The molecular weight excluding hydrogens is 410 g/mol. The van der Waals surface area contributed by atoms with Crippen molar-refractivity contribution >= 4 is 23.0 Å². The summed E-state index contributed by atoms with van der Waals surface area (Å²) in [5, 5.41) is 3.39. The van der Waals surface area contributed by atoms with Gasteiger partial charge in [0.2, 0.25) is 0 Å². The third-order valence-electron chi connectivity index (χ3n) is 5.04. The van der Waals surface area contributed by atoms with Gasteiger partial charge in [-0.15, -0.1) is 0 Å². The van der Waals surface area contributed by atoms with Gasteiger partial charge >= 0.3 is 17.7 Å². The van der Waals surface area contributed by atoms with Crippen LogP contribution in [-0.4, -0.2) is 18.1 Å². The maximum absolute atomic E-state index is 12.8. The second kappa shape index (κ2) is 11.1. The van der Waals surface area contributed by atoms with Gasteiger partial charge in [0, 0.05) is 17.5 Å². The van der Waals surface area contributed by atoms with E-state index in [0.717, 1.165) is 29.4 Å². The van der Waals surface area contributed by atoms with Crippen LogP contribution in [0.4, 0.5) is 4.79 Å². The molecule has 0 saturated carbocycles. The average molecular weight is 437 g/mol. The number of benzene rings is 2. The highest BCUT2D eigenvalue weighted by Gasteiger charge is 2.23. The molecule has 2 aromatic carbocycles. The van der Waals surface area contributed by atoms with Crippen molar-refractivity contribution in [2.75, 3.05) is 0 Å². The summed E-state index contributed by atoms with van der Waals surface area (Å²) in [7, 11) is 0. The Hall–Kier alpha value is -3.61. The van der Waals surface area contributed by atoms with Crippen molar-refractivity contribution in [2.24, 2.45) is 0 Å². The van der Waals surface area contributed by atoms with Crippen molar-refractivity contribution in [3.05, 3.63) is 76.1 Å². The average Bonchev–Trinajstić information content (AvgIpc) is 2.80. The zero-order valence-electron chi connectivity index (χ0n) is 18.3. The predicted octanol–water partition coefficient (Wildman–Crippen LogP) is 4.75. The molecule has 3 aromatic rings.